The van der Waals surface area contributed by atoms with Crippen molar-refractivity contribution >= 4 is 24.3 Å². The van der Waals surface area contributed by atoms with E-state index in [1.54, 1.807) is 0 Å². The van der Waals surface area contributed by atoms with Crippen LogP contribution in [0.25, 0.3) is 0 Å². The Morgan fingerprint density at radius 3 is 2.69 bits per heavy atom. The summed E-state index contributed by atoms with van der Waals surface area (Å²) >= 11 is 0. The van der Waals surface area contributed by atoms with E-state index in [-0.39, 0.29) is 7.59 Å². The van der Waals surface area contributed by atoms with Crippen LogP contribution in [-0.2, 0) is 4.74 Å². The highest BCUT2D eigenvalue weighted by atomic mass is 16.5. The molecule has 7 nitrogen and oxygen atoms in total. The maximum Gasteiger partial charge on any atom is 0.314 e. The number of hydrogen-bond acceptors (Lipinski definition) is 7. The molecule has 0 saturated carbocycles. The SMILES string of the molecule is CC.CC.CC1=CC=CCC(C=N)=C1.CCCCNC1CC(N)=NC(OCCC2=CCCC=N2)=N1.[HH]. The fourth-order valence-corrected chi connectivity index (χ4v) is 3.10. The van der Waals surface area contributed by atoms with Crippen LogP contribution in [0.15, 0.2) is 62.2 Å². The van der Waals surface area contributed by atoms with Crippen molar-refractivity contribution in [1.82, 2.24) is 5.32 Å². The van der Waals surface area contributed by atoms with Crippen LogP contribution in [0.3, 0.4) is 0 Å². The molecule has 7 heteroatoms. The molecule has 35 heavy (non-hydrogen) atoms. The summed E-state index contributed by atoms with van der Waals surface area (Å²) in [5.74, 6) is 0.573. The third-order valence-corrected chi connectivity index (χ3v) is 4.79. The van der Waals surface area contributed by atoms with Gasteiger partial charge in [-0.3, -0.25) is 10.3 Å². The van der Waals surface area contributed by atoms with E-state index in [0.29, 0.717) is 24.9 Å². The van der Waals surface area contributed by atoms with E-state index < -0.39 is 0 Å². The van der Waals surface area contributed by atoms with Crippen LogP contribution in [0.5, 0.6) is 0 Å². The van der Waals surface area contributed by atoms with Crippen molar-refractivity contribution in [2.75, 3.05) is 13.2 Å². The molecule has 0 amide bonds. The van der Waals surface area contributed by atoms with Gasteiger partial charge < -0.3 is 15.9 Å². The minimum Gasteiger partial charge on any atom is -0.463 e. The first-order valence-corrected chi connectivity index (χ1v) is 13.1. The van der Waals surface area contributed by atoms with Gasteiger partial charge in [0.25, 0.3) is 0 Å². The number of hydrogen-bond donors (Lipinski definition) is 3. The summed E-state index contributed by atoms with van der Waals surface area (Å²) in [6.45, 7) is 13.7. The quantitative estimate of drug-likeness (QED) is 0.261. The lowest BCUT2D eigenvalue weighted by Gasteiger charge is -2.19. The van der Waals surface area contributed by atoms with Crippen LogP contribution in [-0.4, -0.2) is 43.6 Å². The van der Waals surface area contributed by atoms with Crippen LogP contribution in [0.2, 0.25) is 0 Å². The highest BCUT2D eigenvalue weighted by Crippen LogP contribution is 2.12. The molecule has 0 aromatic rings. The Morgan fingerprint density at radius 1 is 1.26 bits per heavy atom. The third kappa shape index (κ3) is 15.7. The van der Waals surface area contributed by atoms with Gasteiger partial charge in [-0.15, -0.1) is 0 Å². The molecule has 0 aromatic carbocycles. The van der Waals surface area contributed by atoms with Crippen molar-refractivity contribution in [2.45, 2.75) is 92.7 Å². The van der Waals surface area contributed by atoms with Gasteiger partial charge in [-0.05, 0) is 44.7 Å². The first-order valence-electron chi connectivity index (χ1n) is 13.1. The molecular formula is C28H50N6O. The van der Waals surface area contributed by atoms with Gasteiger partial charge >= 0.3 is 6.02 Å². The standard InChI is InChI=1S/C15H25N5O.C9H11N.2C2H6.H2/c1-2-3-8-18-14-11-13(16)19-15(20-14)21-10-7-12-6-4-5-9-17-12;1-8-4-2-3-5-9(6-8)7-10;2*1-2;/h6,9,14,18H,2-5,7-8,10-11H2,1H3,(H2,16,19,20);2-4,6-7,10H,5H2,1H3;2*1-2H3;1H. The lowest BCUT2D eigenvalue weighted by Crippen LogP contribution is -2.37. The number of nitrogens with two attached hydrogens (primary N) is 1. The monoisotopic (exact) mass is 486 g/mol. The third-order valence-electron chi connectivity index (χ3n) is 4.79. The van der Waals surface area contributed by atoms with Gasteiger partial charge in [0.1, 0.15) is 12.0 Å². The van der Waals surface area contributed by atoms with Gasteiger partial charge in [-0.1, -0.05) is 77.0 Å². The predicted molar refractivity (Wildman–Crippen MR) is 156 cm³/mol. The molecule has 1 atom stereocenters. The minimum absolute atomic E-state index is 0. The summed E-state index contributed by atoms with van der Waals surface area (Å²) in [6.07, 6.45) is 20.4. The Balaban J connectivity index is 0. The lowest BCUT2D eigenvalue weighted by atomic mass is 10.1. The summed E-state index contributed by atoms with van der Waals surface area (Å²) in [6, 6.07) is 0.383. The second-order valence-corrected chi connectivity index (χ2v) is 7.63. The van der Waals surface area contributed by atoms with E-state index in [2.05, 4.69) is 45.4 Å². The normalized spacial score (nSPS) is 18.2. The number of nitrogens with zero attached hydrogens (tertiary/aromatic N) is 3. The Bertz CT molecular complexity index is 809. The summed E-state index contributed by atoms with van der Waals surface area (Å²) in [5.41, 5.74) is 9.21. The molecule has 0 aromatic heterocycles. The number of ether oxygens (including phenoxy) is 1. The molecule has 0 saturated heterocycles. The number of allylic oxidation sites excluding steroid dienone is 7. The second-order valence-electron chi connectivity index (χ2n) is 7.63. The molecule has 3 rings (SSSR count). The lowest BCUT2D eigenvalue weighted by molar-refractivity contribution is 0.296. The molecule has 198 valence electrons. The highest BCUT2D eigenvalue weighted by Gasteiger charge is 2.16. The molecule has 0 bridgehead atoms. The Morgan fingerprint density at radius 2 is 2.03 bits per heavy atom. The molecule has 4 N–H and O–H groups in total. The summed E-state index contributed by atoms with van der Waals surface area (Å²) in [4.78, 5) is 12.9. The second kappa shape index (κ2) is 21.7. The van der Waals surface area contributed by atoms with Gasteiger partial charge in [0.15, 0.2) is 0 Å². The van der Waals surface area contributed by atoms with E-state index in [0.717, 1.165) is 56.3 Å². The molecule has 0 spiro atoms. The predicted octanol–water partition coefficient (Wildman–Crippen LogP) is 6.74. The molecule has 2 heterocycles. The summed E-state index contributed by atoms with van der Waals surface area (Å²) < 4.78 is 5.62. The largest absolute Gasteiger partial charge is 0.463 e. The van der Waals surface area contributed by atoms with E-state index in [1.807, 2.05) is 53.0 Å². The minimum atomic E-state index is -0.0176. The van der Waals surface area contributed by atoms with Crippen molar-refractivity contribution in [2.24, 2.45) is 20.7 Å². The zero-order valence-electron chi connectivity index (χ0n) is 22.8. The number of nitrogens with one attached hydrogen (secondary N) is 2. The van der Waals surface area contributed by atoms with Crippen LogP contribution in [0, 0.1) is 5.41 Å². The molecule has 0 radical (unpaired) electrons. The fourth-order valence-electron chi connectivity index (χ4n) is 3.10. The topological polar surface area (TPSA) is 108 Å². The molecule has 3 aliphatic rings. The van der Waals surface area contributed by atoms with Crippen LogP contribution in [0.1, 0.15) is 87.9 Å². The Labute approximate surface area is 215 Å². The number of rotatable bonds is 8. The first-order chi connectivity index (χ1) is 17.1. The van der Waals surface area contributed by atoms with Gasteiger partial charge in [0, 0.05) is 32.4 Å². The first kappa shape index (κ1) is 32.2. The van der Waals surface area contributed by atoms with E-state index in [9.17, 15) is 0 Å². The van der Waals surface area contributed by atoms with Gasteiger partial charge in [-0.2, -0.15) is 4.99 Å². The zero-order chi connectivity index (χ0) is 26.3. The fraction of sp³-hybridized carbons (Fsp3) is 0.571. The average molecular weight is 487 g/mol. The highest BCUT2D eigenvalue weighted by molar-refractivity contribution is 5.94. The van der Waals surface area contributed by atoms with Crippen LogP contribution >= 0.6 is 0 Å². The van der Waals surface area contributed by atoms with Crippen LogP contribution < -0.4 is 11.1 Å². The Hall–Kier alpha value is -2.80. The maximum atomic E-state index is 7.03. The molecule has 1 unspecified atom stereocenters. The van der Waals surface area contributed by atoms with Gasteiger partial charge in [-0.25, -0.2) is 4.99 Å². The molecule has 1 aliphatic carbocycles. The summed E-state index contributed by atoms with van der Waals surface area (Å²) in [7, 11) is 0. The molecular weight excluding hydrogens is 436 g/mol. The van der Waals surface area contributed by atoms with E-state index in [1.165, 1.54) is 11.8 Å². The maximum absolute atomic E-state index is 7.03. The smallest absolute Gasteiger partial charge is 0.314 e. The van der Waals surface area contributed by atoms with Gasteiger partial charge in [0.05, 0.1) is 6.61 Å². The van der Waals surface area contributed by atoms with Crippen molar-refractivity contribution < 1.29 is 6.16 Å². The number of aliphatic imine (C=N–C) groups is 3. The van der Waals surface area contributed by atoms with E-state index >= 15 is 0 Å². The van der Waals surface area contributed by atoms with Crippen molar-refractivity contribution in [3.8, 4) is 0 Å². The van der Waals surface area contributed by atoms with Gasteiger partial charge in [0.2, 0.25) is 0 Å². The van der Waals surface area contributed by atoms with Crippen molar-refractivity contribution in [3.63, 3.8) is 0 Å². The zero-order valence-corrected chi connectivity index (χ0v) is 22.8. The number of amidine groups is 2. The number of unbranched alkanes of at least 4 members (excludes halogenated alkanes) is 1. The molecule has 2 aliphatic heterocycles. The van der Waals surface area contributed by atoms with Crippen molar-refractivity contribution in [1.29, 1.82) is 5.41 Å². The van der Waals surface area contributed by atoms with Crippen molar-refractivity contribution in [3.05, 3.63) is 47.2 Å². The van der Waals surface area contributed by atoms with Crippen LogP contribution in [0.4, 0.5) is 0 Å². The molecule has 0 fully saturated rings. The van der Waals surface area contributed by atoms with E-state index in [4.69, 9.17) is 15.9 Å². The summed E-state index contributed by atoms with van der Waals surface area (Å²) in [5, 5.41) is 10.4. The Kier molecular flexibility index (Phi) is 20.0. The average Bonchev–Trinajstić information content (AvgIpc) is 3.11.